The van der Waals surface area contributed by atoms with E-state index in [2.05, 4.69) is 0 Å². The largest absolute Gasteiger partial charge is 0.497 e. The van der Waals surface area contributed by atoms with Crippen molar-refractivity contribution < 1.29 is 32.6 Å². The highest BCUT2D eigenvalue weighted by molar-refractivity contribution is 6.16. The van der Waals surface area contributed by atoms with E-state index in [1.54, 1.807) is 75.6 Å². The Labute approximate surface area is 184 Å². The second kappa shape index (κ2) is 9.01. The van der Waals surface area contributed by atoms with Gasteiger partial charge in [0, 0.05) is 10.9 Å². The van der Waals surface area contributed by atoms with Crippen molar-refractivity contribution in [3.05, 3.63) is 83.5 Å². The highest BCUT2D eigenvalue weighted by Crippen LogP contribution is 2.28. The first-order chi connectivity index (χ1) is 15.4. The van der Waals surface area contributed by atoms with E-state index in [0.717, 1.165) is 0 Å². The second-order valence-corrected chi connectivity index (χ2v) is 7.37. The third kappa shape index (κ3) is 4.51. The number of rotatable bonds is 8. The number of ketones is 1. The van der Waals surface area contributed by atoms with Gasteiger partial charge in [-0.25, -0.2) is 4.79 Å². The van der Waals surface area contributed by atoms with Gasteiger partial charge in [0.15, 0.2) is 5.78 Å². The number of methoxy groups -OCH3 is 1. The van der Waals surface area contributed by atoms with Gasteiger partial charge in [-0.1, -0.05) is 0 Å². The molecule has 0 bridgehead atoms. The molecule has 0 amide bonds. The molecule has 0 unspecified atom stereocenters. The lowest BCUT2D eigenvalue weighted by Crippen LogP contribution is -2.10. The van der Waals surface area contributed by atoms with Crippen LogP contribution in [0, 0.1) is 0 Å². The molecule has 0 saturated carbocycles. The molecule has 0 spiro atoms. The van der Waals surface area contributed by atoms with Crippen LogP contribution in [0.25, 0.3) is 11.0 Å². The Morgan fingerprint density at radius 3 is 2.44 bits per heavy atom. The van der Waals surface area contributed by atoms with Crippen LogP contribution in [0.5, 0.6) is 11.5 Å². The van der Waals surface area contributed by atoms with E-state index in [4.69, 9.17) is 23.0 Å². The molecule has 0 fully saturated rings. The molecule has 0 atom stereocenters. The summed E-state index contributed by atoms with van der Waals surface area (Å²) in [7, 11) is 1.57. The maximum Gasteiger partial charge on any atom is 0.374 e. The standard InChI is InChI=1S/C25H22O7/c1-15(2)31-25(27)23-11-9-19(32-23)13-29-18-8-10-22-20(12-18)21(14-30-22)24(26)16-4-6-17(28-3)7-5-16/h4-12,14-15H,13H2,1-3H3. The van der Waals surface area contributed by atoms with Gasteiger partial charge in [0.1, 0.15) is 35.7 Å². The minimum Gasteiger partial charge on any atom is -0.497 e. The van der Waals surface area contributed by atoms with Gasteiger partial charge in [-0.3, -0.25) is 4.79 Å². The van der Waals surface area contributed by atoms with Crippen LogP contribution in [-0.2, 0) is 11.3 Å². The number of benzene rings is 2. The number of hydrogen-bond donors (Lipinski definition) is 0. The Morgan fingerprint density at radius 2 is 1.72 bits per heavy atom. The first-order valence-electron chi connectivity index (χ1n) is 10.1. The van der Waals surface area contributed by atoms with Gasteiger partial charge in [0.2, 0.25) is 5.76 Å². The van der Waals surface area contributed by atoms with Gasteiger partial charge in [0.25, 0.3) is 0 Å². The molecule has 0 aliphatic rings. The van der Waals surface area contributed by atoms with Crippen LogP contribution in [0.2, 0.25) is 0 Å². The molecule has 0 N–H and O–H groups in total. The first-order valence-corrected chi connectivity index (χ1v) is 10.1. The van der Waals surface area contributed by atoms with Crippen molar-refractivity contribution in [2.75, 3.05) is 7.11 Å². The monoisotopic (exact) mass is 434 g/mol. The number of carbonyl (C=O) groups is 2. The van der Waals surface area contributed by atoms with Crippen LogP contribution in [0.3, 0.4) is 0 Å². The Kier molecular flexibility index (Phi) is 5.98. The molecule has 0 aliphatic heterocycles. The van der Waals surface area contributed by atoms with E-state index in [0.29, 0.717) is 39.4 Å². The number of ether oxygens (including phenoxy) is 3. The zero-order valence-electron chi connectivity index (χ0n) is 17.9. The van der Waals surface area contributed by atoms with Crippen LogP contribution in [-0.4, -0.2) is 25.0 Å². The lowest BCUT2D eigenvalue weighted by Gasteiger charge is -2.06. The van der Waals surface area contributed by atoms with Crippen LogP contribution < -0.4 is 9.47 Å². The maximum atomic E-state index is 13.0. The summed E-state index contributed by atoms with van der Waals surface area (Å²) in [4.78, 5) is 24.9. The van der Waals surface area contributed by atoms with Crippen molar-refractivity contribution >= 4 is 22.7 Å². The lowest BCUT2D eigenvalue weighted by atomic mass is 10.0. The molecular formula is C25H22O7. The molecule has 7 heteroatoms. The smallest absolute Gasteiger partial charge is 0.374 e. The molecule has 2 aromatic carbocycles. The van der Waals surface area contributed by atoms with Crippen LogP contribution in [0.1, 0.15) is 46.1 Å². The van der Waals surface area contributed by atoms with Crippen molar-refractivity contribution in [3.8, 4) is 11.5 Å². The fourth-order valence-corrected chi connectivity index (χ4v) is 3.16. The Balaban J connectivity index is 1.49. The molecule has 164 valence electrons. The van der Waals surface area contributed by atoms with Crippen molar-refractivity contribution in [3.63, 3.8) is 0 Å². The van der Waals surface area contributed by atoms with Gasteiger partial charge in [-0.05, 0) is 68.4 Å². The lowest BCUT2D eigenvalue weighted by molar-refractivity contribution is 0.0337. The van der Waals surface area contributed by atoms with Crippen molar-refractivity contribution in [1.29, 1.82) is 0 Å². The van der Waals surface area contributed by atoms with Crippen LogP contribution in [0.4, 0.5) is 0 Å². The zero-order chi connectivity index (χ0) is 22.7. The molecule has 2 aromatic heterocycles. The fraction of sp³-hybridized carbons (Fsp3) is 0.200. The Hall–Kier alpha value is -4.00. The van der Waals surface area contributed by atoms with Gasteiger partial charge in [-0.2, -0.15) is 0 Å². The van der Waals surface area contributed by atoms with Gasteiger partial charge in [0.05, 0.1) is 18.8 Å². The van der Waals surface area contributed by atoms with E-state index >= 15 is 0 Å². The highest BCUT2D eigenvalue weighted by atomic mass is 16.6. The van der Waals surface area contributed by atoms with Gasteiger partial charge < -0.3 is 23.0 Å². The van der Waals surface area contributed by atoms with Gasteiger partial charge >= 0.3 is 5.97 Å². The highest BCUT2D eigenvalue weighted by Gasteiger charge is 2.17. The van der Waals surface area contributed by atoms with E-state index in [1.165, 1.54) is 6.26 Å². The number of carbonyl (C=O) groups excluding carboxylic acids is 2. The molecule has 0 aliphatic carbocycles. The van der Waals surface area contributed by atoms with Crippen LogP contribution >= 0.6 is 0 Å². The topological polar surface area (TPSA) is 88.1 Å². The molecule has 32 heavy (non-hydrogen) atoms. The normalized spacial score (nSPS) is 11.0. The molecule has 7 nitrogen and oxygen atoms in total. The average Bonchev–Trinajstić information content (AvgIpc) is 3.44. The van der Waals surface area contributed by atoms with Gasteiger partial charge in [-0.15, -0.1) is 0 Å². The third-order valence-electron chi connectivity index (χ3n) is 4.73. The quantitative estimate of drug-likeness (QED) is 0.271. The van der Waals surface area contributed by atoms with E-state index in [9.17, 15) is 9.59 Å². The summed E-state index contributed by atoms with van der Waals surface area (Å²) in [6.07, 6.45) is 1.21. The minimum absolute atomic E-state index is 0.111. The molecular weight excluding hydrogens is 412 g/mol. The Morgan fingerprint density at radius 1 is 0.969 bits per heavy atom. The predicted octanol–water partition coefficient (Wildman–Crippen LogP) is 5.41. The number of hydrogen-bond acceptors (Lipinski definition) is 7. The Bertz CT molecular complexity index is 1250. The summed E-state index contributed by atoms with van der Waals surface area (Å²) < 4.78 is 27.1. The molecule has 4 aromatic rings. The number of esters is 1. The van der Waals surface area contributed by atoms with Crippen molar-refractivity contribution in [2.24, 2.45) is 0 Å². The third-order valence-corrected chi connectivity index (χ3v) is 4.73. The van der Waals surface area contributed by atoms with Crippen molar-refractivity contribution in [2.45, 2.75) is 26.6 Å². The molecule has 2 heterocycles. The summed E-state index contributed by atoms with van der Waals surface area (Å²) in [5.41, 5.74) is 1.54. The predicted molar refractivity (Wildman–Crippen MR) is 116 cm³/mol. The maximum absolute atomic E-state index is 13.0. The second-order valence-electron chi connectivity index (χ2n) is 7.37. The van der Waals surface area contributed by atoms with E-state index in [-0.39, 0.29) is 24.3 Å². The minimum atomic E-state index is -0.521. The number of fused-ring (bicyclic) bond motifs is 1. The molecule has 0 radical (unpaired) electrons. The summed E-state index contributed by atoms with van der Waals surface area (Å²) >= 11 is 0. The fourth-order valence-electron chi connectivity index (χ4n) is 3.16. The van der Waals surface area contributed by atoms with Crippen molar-refractivity contribution in [1.82, 2.24) is 0 Å². The molecule has 4 rings (SSSR count). The van der Waals surface area contributed by atoms with E-state index in [1.807, 2.05) is 0 Å². The van der Waals surface area contributed by atoms with Crippen LogP contribution in [0.15, 0.2) is 69.7 Å². The summed E-state index contributed by atoms with van der Waals surface area (Å²) in [5.74, 6) is 1.12. The first kappa shape index (κ1) is 21.2. The average molecular weight is 434 g/mol. The summed E-state index contributed by atoms with van der Waals surface area (Å²) in [5, 5.41) is 0.643. The zero-order valence-corrected chi connectivity index (χ0v) is 17.9. The summed E-state index contributed by atoms with van der Waals surface area (Å²) in [6, 6.07) is 15.3. The SMILES string of the molecule is COc1ccc(C(=O)c2coc3ccc(OCc4ccc(C(=O)OC(C)C)o4)cc23)cc1. The van der Waals surface area contributed by atoms with E-state index < -0.39 is 5.97 Å². The number of furan rings is 2. The summed E-state index contributed by atoms with van der Waals surface area (Å²) in [6.45, 7) is 3.65. The molecule has 0 saturated heterocycles.